The zero-order valence-corrected chi connectivity index (χ0v) is 12.1. The first-order valence-electron chi connectivity index (χ1n) is 6.41. The number of hydrogen-bond acceptors (Lipinski definition) is 4. The fraction of sp³-hybridized carbons (Fsp3) is 0.429. The summed E-state index contributed by atoms with van der Waals surface area (Å²) in [7, 11) is 3.26. The van der Waals surface area contributed by atoms with Crippen molar-refractivity contribution >= 4 is 11.9 Å². The summed E-state index contributed by atoms with van der Waals surface area (Å²) >= 11 is 0. The lowest BCUT2D eigenvalue weighted by Crippen LogP contribution is -2.43. The predicted octanol–water partition coefficient (Wildman–Crippen LogP) is 0.761. The molecule has 6 nitrogen and oxygen atoms in total. The molecule has 0 spiro atoms. The van der Waals surface area contributed by atoms with Gasteiger partial charge in [-0.25, -0.2) is 4.79 Å². The molecule has 0 unspecified atom stereocenters. The second kappa shape index (κ2) is 8.16. The number of carbonyl (C=O) groups is 2. The molecule has 0 aliphatic heterocycles. The summed E-state index contributed by atoms with van der Waals surface area (Å²) in [6, 6.07) is 7.27. The molecule has 0 saturated heterocycles. The zero-order valence-electron chi connectivity index (χ0n) is 12.1. The number of urea groups is 1. The van der Waals surface area contributed by atoms with Crippen LogP contribution in [0.25, 0.3) is 0 Å². The molecule has 0 bridgehead atoms. The average Bonchev–Trinajstić information content (AvgIpc) is 2.40. The fourth-order valence-corrected chi connectivity index (χ4v) is 1.58. The van der Waals surface area contributed by atoms with Gasteiger partial charge in [0.25, 0.3) is 0 Å². The van der Waals surface area contributed by atoms with Crippen LogP contribution < -0.4 is 15.4 Å². The lowest BCUT2D eigenvalue weighted by atomic mass is 10.2. The summed E-state index contributed by atoms with van der Waals surface area (Å²) in [5, 5.41) is 4.53. The number of likely N-dealkylation sites (N-methyl/N-ethyl adjacent to an activating group) is 1. The SMILES string of the molecule is CNC(=O)NC(=O)CN(C)CCOc1ccccc1C. The van der Waals surface area contributed by atoms with Gasteiger partial charge in [0, 0.05) is 13.6 Å². The van der Waals surface area contributed by atoms with E-state index >= 15 is 0 Å². The molecule has 20 heavy (non-hydrogen) atoms. The highest BCUT2D eigenvalue weighted by Gasteiger charge is 2.09. The van der Waals surface area contributed by atoms with E-state index < -0.39 is 6.03 Å². The number of ether oxygens (including phenoxy) is 1. The van der Waals surface area contributed by atoms with E-state index in [1.54, 1.807) is 11.9 Å². The van der Waals surface area contributed by atoms with E-state index in [0.717, 1.165) is 11.3 Å². The first-order chi connectivity index (χ1) is 9.52. The number of hydrogen-bond donors (Lipinski definition) is 2. The maximum Gasteiger partial charge on any atom is 0.321 e. The van der Waals surface area contributed by atoms with Crippen LogP contribution in [0.3, 0.4) is 0 Å². The highest BCUT2D eigenvalue weighted by molar-refractivity contribution is 5.95. The quantitative estimate of drug-likeness (QED) is 0.806. The molecule has 0 aliphatic carbocycles. The first kappa shape index (κ1) is 16.0. The lowest BCUT2D eigenvalue weighted by molar-refractivity contribution is -0.120. The van der Waals surface area contributed by atoms with Gasteiger partial charge in [-0.1, -0.05) is 18.2 Å². The molecule has 0 heterocycles. The van der Waals surface area contributed by atoms with Crippen molar-refractivity contribution in [2.45, 2.75) is 6.92 Å². The summed E-state index contributed by atoms with van der Waals surface area (Å²) in [5.41, 5.74) is 1.08. The molecular formula is C14H21N3O3. The van der Waals surface area contributed by atoms with Crippen molar-refractivity contribution in [1.82, 2.24) is 15.5 Å². The molecule has 3 amide bonds. The van der Waals surface area contributed by atoms with Gasteiger partial charge in [-0.15, -0.1) is 0 Å². The molecule has 0 aromatic heterocycles. The van der Waals surface area contributed by atoms with Crippen molar-refractivity contribution in [1.29, 1.82) is 0 Å². The number of nitrogens with zero attached hydrogens (tertiary/aromatic N) is 1. The molecule has 0 atom stereocenters. The van der Waals surface area contributed by atoms with Gasteiger partial charge in [0.05, 0.1) is 6.54 Å². The smallest absolute Gasteiger partial charge is 0.321 e. The summed E-state index contributed by atoms with van der Waals surface area (Å²) in [6.07, 6.45) is 0. The second-order valence-corrected chi connectivity index (χ2v) is 4.48. The maximum absolute atomic E-state index is 11.5. The topological polar surface area (TPSA) is 70.7 Å². The van der Waals surface area contributed by atoms with Crippen LogP contribution in [0.4, 0.5) is 4.79 Å². The molecule has 0 radical (unpaired) electrons. The predicted molar refractivity (Wildman–Crippen MR) is 76.8 cm³/mol. The van der Waals surface area contributed by atoms with Crippen LogP contribution in [0.1, 0.15) is 5.56 Å². The Kier molecular flexibility index (Phi) is 6.52. The van der Waals surface area contributed by atoms with E-state index in [4.69, 9.17) is 4.74 Å². The van der Waals surface area contributed by atoms with Crippen LogP contribution >= 0.6 is 0 Å². The number of aryl methyl sites for hydroxylation is 1. The third-order valence-corrected chi connectivity index (χ3v) is 2.72. The Morgan fingerprint density at radius 2 is 2.00 bits per heavy atom. The first-order valence-corrected chi connectivity index (χ1v) is 6.41. The number of nitrogens with one attached hydrogen (secondary N) is 2. The minimum atomic E-state index is -0.500. The number of imide groups is 1. The molecule has 110 valence electrons. The molecular weight excluding hydrogens is 258 g/mol. The average molecular weight is 279 g/mol. The molecule has 0 saturated carbocycles. The molecule has 2 N–H and O–H groups in total. The maximum atomic E-state index is 11.5. The van der Waals surface area contributed by atoms with Gasteiger partial charge in [-0.3, -0.25) is 15.0 Å². The van der Waals surface area contributed by atoms with Gasteiger partial charge in [-0.05, 0) is 25.6 Å². The summed E-state index contributed by atoms with van der Waals surface area (Å²) in [4.78, 5) is 24.2. The van der Waals surface area contributed by atoms with Crippen LogP contribution in [-0.2, 0) is 4.79 Å². The Morgan fingerprint density at radius 1 is 1.30 bits per heavy atom. The Morgan fingerprint density at radius 3 is 2.65 bits per heavy atom. The third kappa shape index (κ3) is 5.71. The largest absolute Gasteiger partial charge is 0.492 e. The lowest BCUT2D eigenvalue weighted by Gasteiger charge is -2.16. The summed E-state index contributed by atoms with van der Waals surface area (Å²) in [5.74, 6) is 0.499. The molecule has 0 fully saturated rings. The van der Waals surface area contributed by atoms with Gasteiger partial charge in [0.1, 0.15) is 12.4 Å². The van der Waals surface area contributed by atoms with E-state index in [-0.39, 0.29) is 12.5 Å². The van der Waals surface area contributed by atoms with Crippen molar-refractivity contribution in [3.63, 3.8) is 0 Å². The Hall–Kier alpha value is -2.08. The fourth-order valence-electron chi connectivity index (χ4n) is 1.58. The summed E-state index contributed by atoms with van der Waals surface area (Å²) < 4.78 is 5.64. The number of amides is 3. The molecule has 0 aliphatic rings. The number of para-hydroxylation sites is 1. The van der Waals surface area contributed by atoms with Crippen molar-refractivity contribution < 1.29 is 14.3 Å². The van der Waals surface area contributed by atoms with Crippen LogP contribution in [-0.4, -0.2) is 50.6 Å². The molecule has 1 aromatic carbocycles. The van der Waals surface area contributed by atoms with Gasteiger partial charge in [0.2, 0.25) is 5.91 Å². The van der Waals surface area contributed by atoms with Gasteiger partial charge in [-0.2, -0.15) is 0 Å². The monoisotopic (exact) mass is 279 g/mol. The normalized spacial score (nSPS) is 10.2. The van der Waals surface area contributed by atoms with Crippen molar-refractivity contribution in [3.8, 4) is 5.75 Å². The number of rotatable bonds is 6. The molecule has 6 heteroatoms. The van der Waals surface area contributed by atoms with Crippen LogP contribution in [0.2, 0.25) is 0 Å². The highest BCUT2D eigenvalue weighted by Crippen LogP contribution is 2.15. The van der Waals surface area contributed by atoms with Crippen molar-refractivity contribution in [2.75, 3.05) is 33.8 Å². The van der Waals surface area contributed by atoms with Crippen LogP contribution in [0, 0.1) is 6.92 Å². The van der Waals surface area contributed by atoms with Crippen molar-refractivity contribution in [3.05, 3.63) is 29.8 Å². The van der Waals surface area contributed by atoms with E-state index in [2.05, 4.69) is 10.6 Å². The Balaban J connectivity index is 2.26. The van der Waals surface area contributed by atoms with E-state index in [9.17, 15) is 9.59 Å². The second-order valence-electron chi connectivity index (χ2n) is 4.48. The van der Waals surface area contributed by atoms with Crippen molar-refractivity contribution in [2.24, 2.45) is 0 Å². The molecule has 1 rings (SSSR count). The standard InChI is InChI=1S/C14H21N3O3/c1-11-6-4-5-7-12(11)20-9-8-17(3)10-13(18)16-14(19)15-2/h4-7H,8-10H2,1-3H3,(H2,15,16,18,19). The Bertz CT molecular complexity index is 463. The van der Waals surface area contributed by atoms with E-state index in [1.807, 2.05) is 31.2 Å². The minimum Gasteiger partial charge on any atom is -0.492 e. The number of carbonyl (C=O) groups excluding carboxylic acids is 2. The zero-order chi connectivity index (χ0) is 15.0. The van der Waals surface area contributed by atoms with Crippen LogP contribution in [0.15, 0.2) is 24.3 Å². The summed E-state index contributed by atoms with van der Waals surface area (Å²) in [6.45, 7) is 3.20. The minimum absolute atomic E-state index is 0.143. The molecule has 1 aromatic rings. The third-order valence-electron chi connectivity index (χ3n) is 2.72. The van der Waals surface area contributed by atoms with E-state index in [0.29, 0.717) is 13.2 Å². The van der Waals surface area contributed by atoms with Gasteiger partial charge in [0.15, 0.2) is 0 Å². The Labute approximate surface area is 119 Å². The van der Waals surface area contributed by atoms with Crippen LogP contribution in [0.5, 0.6) is 5.75 Å². The highest BCUT2D eigenvalue weighted by atomic mass is 16.5. The number of benzene rings is 1. The van der Waals surface area contributed by atoms with E-state index in [1.165, 1.54) is 7.05 Å². The van der Waals surface area contributed by atoms with Gasteiger partial charge < -0.3 is 10.1 Å². The van der Waals surface area contributed by atoms with Gasteiger partial charge >= 0.3 is 6.03 Å².